The van der Waals surface area contributed by atoms with Crippen LogP contribution in [0.2, 0.25) is 0 Å². The molecular weight excluding hydrogens is 232 g/mol. The summed E-state index contributed by atoms with van der Waals surface area (Å²) in [5.74, 6) is -1.11. The zero-order valence-electron chi connectivity index (χ0n) is 11.6. The number of aliphatic carboxylic acids is 1. The van der Waals surface area contributed by atoms with Crippen LogP contribution in [0.1, 0.15) is 47.0 Å². The quantitative estimate of drug-likeness (QED) is 0.705. The molecule has 0 saturated heterocycles. The second kappa shape index (κ2) is 4.88. The van der Waals surface area contributed by atoms with Gasteiger partial charge in [0.05, 0.1) is 11.5 Å². The largest absolute Gasteiger partial charge is 0.481 e. The fraction of sp³-hybridized carbons (Fsp3) is 0.846. The maximum Gasteiger partial charge on any atom is 0.311 e. The highest BCUT2D eigenvalue weighted by atomic mass is 16.4. The minimum Gasteiger partial charge on any atom is -0.481 e. The van der Waals surface area contributed by atoms with E-state index in [1.165, 1.54) is 0 Å². The van der Waals surface area contributed by atoms with Crippen molar-refractivity contribution in [3.63, 3.8) is 0 Å². The average molecular weight is 256 g/mol. The Labute approximate surface area is 108 Å². The third-order valence-corrected chi connectivity index (χ3v) is 3.98. The molecule has 2 unspecified atom stereocenters. The number of rotatable bonds is 3. The third-order valence-electron chi connectivity index (χ3n) is 3.98. The summed E-state index contributed by atoms with van der Waals surface area (Å²) in [5, 5.41) is 12.1. The van der Waals surface area contributed by atoms with Crippen molar-refractivity contribution in [2.75, 3.05) is 0 Å². The number of carbonyl (C=O) groups excluding carboxylic acids is 1. The molecule has 0 aromatic rings. The molecule has 0 radical (unpaired) electrons. The summed E-state index contributed by atoms with van der Waals surface area (Å²) < 4.78 is 0. The van der Waals surface area contributed by atoms with E-state index in [9.17, 15) is 14.7 Å². The monoisotopic (exact) mass is 256 g/mol. The molecule has 1 rings (SSSR count). The lowest BCUT2D eigenvalue weighted by Gasteiger charge is -2.31. The van der Waals surface area contributed by atoms with E-state index in [1.807, 2.05) is 20.8 Å². The molecule has 0 heterocycles. The SMILES string of the molecule is CC1(C(=O)O)CCCC1NC(=O)[C@H](N)C(C)(C)C. The fourth-order valence-electron chi connectivity index (χ4n) is 2.31. The third kappa shape index (κ3) is 2.83. The number of amides is 1. The fourth-order valence-corrected chi connectivity index (χ4v) is 2.31. The van der Waals surface area contributed by atoms with Crippen LogP contribution in [-0.4, -0.2) is 29.1 Å². The first-order valence-corrected chi connectivity index (χ1v) is 6.38. The number of hydrogen-bond acceptors (Lipinski definition) is 3. The number of carboxylic acids is 1. The molecule has 1 amide bonds. The van der Waals surface area contributed by atoms with E-state index in [2.05, 4.69) is 5.32 Å². The molecule has 1 aliphatic carbocycles. The lowest BCUT2D eigenvalue weighted by atomic mass is 9.83. The van der Waals surface area contributed by atoms with Gasteiger partial charge in [-0.2, -0.15) is 0 Å². The van der Waals surface area contributed by atoms with Crippen molar-refractivity contribution in [3.05, 3.63) is 0 Å². The first-order chi connectivity index (χ1) is 8.09. The summed E-state index contributed by atoms with van der Waals surface area (Å²) in [6.45, 7) is 7.36. The normalized spacial score (nSPS) is 29.9. The van der Waals surface area contributed by atoms with Crippen LogP contribution in [0, 0.1) is 10.8 Å². The predicted molar refractivity (Wildman–Crippen MR) is 69.0 cm³/mol. The van der Waals surface area contributed by atoms with Crippen molar-refractivity contribution in [2.45, 2.75) is 59.0 Å². The van der Waals surface area contributed by atoms with Crippen LogP contribution >= 0.6 is 0 Å². The van der Waals surface area contributed by atoms with E-state index in [4.69, 9.17) is 5.73 Å². The summed E-state index contributed by atoms with van der Waals surface area (Å²) in [6.07, 6.45) is 2.11. The molecule has 0 aliphatic heterocycles. The number of nitrogens with one attached hydrogen (secondary N) is 1. The molecule has 4 N–H and O–H groups in total. The van der Waals surface area contributed by atoms with Crippen LogP contribution in [0.5, 0.6) is 0 Å². The maximum absolute atomic E-state index is 12.0. The molecule has 1 fully saturated rings. The lowest BCUT2D eigenvalue weighted by molar-refractivity contribution is -0.149. The van der Waals surface area contributed by atoms with Gasteiger partial charge in [-0.1, -0.05) is 27.2 Å². The van der Waals surface area contributed by atoms with Crippen LogP contribution < -0.4 is 11.1 Å². The Morgan fingerprint density at radius 2 is 2.00 bits per heavy atom. The first-order valence-electron chi connectivity index (χ1n) is 6.38. The molecule has 0 aromatic carbocycles. The Morgan fingerprint density at radius 3 is 2.44 bits per heavy atom. The maximum atomic E-state index is 12.0. The lowest BCUT2D eigenvalue weighted by Crippen LogP contribution is -2.55. The average Bonchev–Trinajstić information content (AvgIpc) is 2.59. The summed E-state index contributed by atoms with van der Waals surface area (Å²) in [4.78, 5) is 23.3. The smallest absolute Gasteiger partial charge is 0.311 e. The summed E-state index contributed by atoms with van der Waals surface area (Å²) in [5.41, 5.74) is 4.68. The van der Waals surface area contributed by atoms with Gasteiger partial charge < -0.3 is 16.2 Å². The highest BCUT2D eigenvalue weighted by molar-refractivity contribution is 5.84. The van der Waals surface area contributed by atoms with E-state index in [0.717, 1.165) is 6.42 Å². The number of carbonyl (C=O) groups is 2. The van der Waals surface area contributed by atoms with Gasteiger partial charge in [-0.05, 0) is 25.2 Å². The Morgan fingerprint density at radius 1 is 1.44 bits per heavy atom. The molecular formula is C13H24N2O3. The molecule has 18 heavy (non-hydrogen) atoms. The number of nitrogens with two attached hydrogens (primary N) is 1. The summed E-state index contributed by atoms with van der Waals surface area (Å²) in [7, 11) is 0. The van der Waals surface area contributed by atoms with Gasteiger partial charge >= 0.3 is 5.97 Å². The molecule has 104 valence electrons. The molecule has 0 bridgehead atoms. The second-order valence-corrected chi connectivity index (χ2v) is 6.52. The minimum absolute atomic E-state index is 0.262. The summed E-state index contributed by atoms with van der Waals surface area (Å²) in [6, 6.07) is -0.952. The molecule has 0 aromatic heterocycles. The molecule has 1 aliphatic rings. The van der Waals surface area contributed by atoms with Gasteiger partial charge in [-0.3, -0.25) is 9.59 Å². The van der Waals surface area contributed by atoms with E-state index < -0.39 is 17.4 Å². The zero-order valence-corrected chi connectivity index (χ0v) is 11.6. The number of carboxylic acid groups (broad SMARTS) is 1. The highest BCUT2D eigenvalue weighted by Gasteiger charge is 2.46. The summed E-state index contributed by atoms with van der Waals surface area (Å²) >= 11 is 0. The van der Waals surface area contributed by atoms with E-state index in [-0.39, 0.29) is 17.4 Å². The topological polar surface area (TPSA) is 92.4 Å². The minimum atomic E-state index is -0.868. The van der Waals surface area contributed by atoms with Crippen molar-refractivity contribution < 1.29 is 14.7 Å². The van der Waals surface area contributed by atoms with Gasteiger partial charge in [0.2, 0.25) is 5.91 Å². The Balaban J connectivity index is 2.74. The molecule has 5 nitrogen and oxygen atoms in total. The molecule has 5 heteroatoms. The van der Waals surface area contributed by atoms with E-state index >= 15 is 0 Å². The van der Waals surface area contributed by atoms with Crippen LogP contribution in [0.25, 0.3) is 0 Å². The van der Waals surface area contributed by atoms with Crippen molar-refractivity contribution in [1.29, 1.82) is 0 Å². The van der Waals surface area contributed by atoms with Crippen LogP contribution in [0.3, 0.4) is 0 Å². The van der Waals surface area contributed by atoms with Crippen LogP contribution in [-0.2, 0) is 9.59 Å². The predicted octanol–water partition coefficient (Wildman–Crippen LogP) is 1.12. The Bertz CT molecular complexity index is 349. The zero-order chi connectivity index (χ0) is 14.1. The highest BCUT2D eigenvalue weighted by Crippen LogP contribution is 2.38. The van der Waals surface area contributed by atoms with Gasteiger partial charge in [-0.25, -0.2) is 0 Å². The molecule has 3 atom stereocenters. The number of hydrogen-bond donors (Lipinski definition) is 3. The Kier molecular flexibility index (Phi) is 4.05. The molecule has 0 spiro atoms. The van der Waals surface area contributed by atoms with Crippen molar-refractivity contribution in [1.82, 2.24) is 5.32 Å². The van der Waals surface area contributed by atoms with Gasteiger partial charge in [0.25, 0.3) is 0 Å². The molecule has 1 saturated carbocycles. The van der Waals surface area contributed by atoms with Crippen molar-refractivity contribution in [2.24, 2.45) is 16.6 Å². The van der Waals surface area contributed by atoms with Gasteiger partial charge in [0, 0.05) is 6.04 Å². The van der Waals surface area contributed by atoms with E-state index in [0.29, 0.717) is 12.8 Å². The van der Waals surface area contributed by atoms with Gasteiger partial charge in [0.15, 0.2) is 0 Å². The van der Waals surface area contributed by atoms with Gasteiger partial charge in [-0.15, -0.1) is 0 Å². The van der Waals surface area contributed by atoms with E-state index in [1.54, 1.807) is 6.92 Å². The van der Waals surface area contributed by atoms with Crippen LogP contribution in [0.15, 0.2) is 0 Å². The van der Waals surface area contributed by atoms with Crippen LogP contribution in [0.4, 0.5) is 0 Å². The second-order valence-electron chi connectivity index (χ2n) is 6.52. The van der Waals surface area contributed by atoms with Gasteiger partial charge in [0.1, 0.15) is 0 Å². The van der Waals surface area contributed by atoms with Crippen molar-refractivity contribution >= 4 is 11.9 Å². The van der Waals surface area contributed by atoms with Crippen molar-refractivity contribution in [3.8, 4) is 0 Å². The standard InChI is InChI=1S/C13H24N2O3/c1-12(2,3)9(14)10(16)15-8-6-5-7-13(8,4)11(17)18/h8-9H,5-7,14H2,1-4H3,(H,15,16)(H,17,18)/t8?,9-,13?/m0/s1. The Hall–Kier alpha value is -1.10. The first kappa shape index (κ1) is 15.0.